The van der Waals surface area contributed by atoms with Crippen molar-refractivity contribution in [2.75, 3.05) is 46.4 Å². The fraction of sp³-hybridized carbons (Fsp3) is 0.500. The van der Waals surface area contributed by atoms with E-state index < -0.39 is 6.09 Å². The van der Waals surface area contributed by atoms with E-state index in [4.69, 9.17) is 9.47 Å². The summed E-state index contributed by atoms with van der Waals surface area (Å²) in [5.74, 6) is 1.33. The van der Waals surface area contributed by atoms with Gasteiger partial charge < -0.3 is 34.7 Å². The van der Waals surface area contributed by atoms with Crippen LogP contribution in [-0.2, 0) is 0 Å². The number of aromatic nitrogens is 2. The summed E-state index contributed by atoms with van der Waals surface area (Å²) in [6.45, 7) is 8.05. The van der Waals surface area contributed by atoms with E-state index in [-0.39, 0.29) is 12.1 Å². The zero-order valence-electron chi connectivity index (χ0n) is 21.7. The molecule has 5 rings (SSSR count). The number of H-pyrrole nitrogens is 1. The van der Waals surface area contributed by atoms with Crippen LogP contribution in [0.15, 0.2) is 42.6 Å². The number of aliphatic hydroxyl groups excluding tert-OH is 1. The summed E-state index contributed by atoms with van der Waals surface area (Å²) in [6.07, 6.45) is 3.87. The zero-order chi connectivity index (χ0) is 25.8. The number of fused-ring (bicyclic) bond motifs is 1. The molecule has 198 valence electrons. The van der Waals surface area contributed by atoms with Crippen LogP contribution in [0.4, 0.5) is 4.79 Å². The van der Waals surface area contributed by atoms with Crippen LogP contribution < -0.4 is 14.8 Å². The minimum atomic E-state index is -0.432. The average Bonchev–Trinajstić information content (AvgIpc) is 3.32. The molecule has 2 fully saturated rings. The van der Waals surface area contributed by atoms with E-state index >= 15 is 0 Å². The number of carbonyl (C=O) groups excluding carboxylic acids is 1. The Morgan fingerprint density at radius 2 is 1.92 bits per heavy atom. The van der Waals surface area contributed by atoms with Crippen LogP contribution in [0.3, 0.4) is 0 Å². The first kappa shape index (κ1) is 25.5. The molecular formula is C28H37N5O4. The van der Waals surface area contributed by atoms with Crippen molar-refractivity contribution in [3.8, 4) is 22.9 Å². The highest BCUT2D eigenvalue weighted by atomic mass is 16.6. The van der Waals surface area contributed by atoms with Gasteiger partial charge in [0.1, 0.15) is 0 Å². The molecule has 2 atom stereocenters. The van der Waals surface area contributed by atoms with Gasteiger partial charge >= 0.3 is 6.09 Å². The Bertz CT molecular complexity index is 1190. The Morgan fingerprint density at radius 1 is 1.14 bits per heavy atom. The Hall–Kier alpha value is -3.14. The zero-order valence-corrected chi connectivity index (χ0v) is 21.7. The van der Waals surface area contributed by atoms with Gasteiger partial charge in [0.15, 0.2) is 0 Å². The number of aromatic amines is 1. The highest BCUT2D eigenvalue weighted by Gasteiger charge is 2.26. The summed E-state index contributed by atoms with van der Waals surface area (Å²) in [4.78, 5) is 25.1. The molecule has 4 heterocycles. The molecule has 9 heteroatoms. The molecule has 3 N–H and O–H groups in total. The molecule has 0 saturated carbocycles. The maximum absolute atomic E-state index is 12.6. The van der Waals surface area contributed by atoms with Crippen LogP contribution in [0.2, 0.25) is 0 Å². The third-order valence-corrected chi connectivity index (χ3v) is 7.68. The summed E-state index contributed by atoms with van der Waals surface area (Å²) in [7, 11) is 1.59. The summed E-state index contributed by atoms with van der Waals surface area (Å²) < 4.78 is 10.8. The van der Waals surface area contributed by atoms with Crippen LogP contribution >= 0.6 is 0 Å². The minimum absolute atomic E-state index is 0.110. The van der Waals surface area contributed by atoms with Gasteiger partial charge in [-0.2, -0.15) is 0 Å². The van der Waals surface area contributed by atoms with E-state index in [1.165, 1.54) is 0 Å². The number of aliphatic hydroxyl groups is 1. The molecule has 0 spiro atoms. The van der Waals surface area contributed by atoms with Crippen molar-refractivity contribution >= 4 is 17.0 Å². The fourth-order valence-corrected chi connectivity index (χ4v) is 5.40. The second-order valence-electron chi connectivity index (χ2n) is 10.3. The molecule has 2 aliphatic heterocycles. The number of benzene rings is 1. The first-order valence-electron chi connectivity index (χ1n) is 13.2. The van der Waals surface area contributed by atoms with Crippen LogP contribution in [0.5, 0.6) is 11.8 Å². The average molecular weight is 508 g/mol. The summed E-state index contributed by atoms with van der Waals surface area (Å²) in [6, 6.07) is 11.7. The predicted octanol–water partition coefficient (Wildman–Crippen LogP) is 3.49. The van der Waals surface area contributed by atoms with Gasteiger partial charge in [-0.25, -0.2) is 9.78 Å². The number of hydrogen-bond donors (Lipinski definition) is 3. The Balaban J connectivity index is 1.11. The minimum Gasteiger partial charge on any atom is -0.481 e. The van der Waals surface area contributed by atoms with E-state index in [0.29, 0.717) is 17.7 Å². The summed E-state index contributed by atoms with van der Waals surface area (Å²) in [5, 5.41) is 13.9. The number of carbonyl (C=O) groups is 1. The van der Waals surface area contributed by atoms with Gasteiger partial charge in [-0.1, -0.05) is 19.1 Å². The molecule has 1 aromatic carbocycles. The van der Waals surface area contributed by atoms with E-state index in [9.17, 15) is 9.90 Å². The lowest BCUT2D eigenvalue weighted by Crippen LogP contribution is -2.48. The number of likely N-dealkylation sites (tertiary alicyclic amines) is 2. The number of ether oxygens (including phenoxy) is 2. The standard InChI is InChI=1S/C28H37N5O4/c1-19-18-33(13-10-25(19)34)15-14-32-11-8-21(9-12-32)30-28(35)37-27-16-23-22(4-3-5-24(23)31-27)20-6-7-26(36-2)29-17-20/h3-7,16-17,19,21,25,31,34H,8-15,18H2,1-2H3,(H,30,35)/t19-,25-/m0/s1. The fourth-order valence-electron chi connectivity index (χ4n) is 5.40. The van der Waals surface area contributed by atoms with Gasteiger partial charge in [-0.15, -0.1) is 0 Å². The van der Waals surface area contributed by atoms with Crippen molar-refractivity contribution in [1.29, 1.82) is 0 Å². The van der Waals surface area contributed by atoms with Gasteiger partial charge in [-0.05, 0) is 42.9 Å². The Labute approximate surface area is 217 Å². The summed E-state index contributed by atoms with van der Waals surface area (Å²) in [5.41, 5.74) is 2.85. The molecule has 9 nitrogen and oxygen atoms in total. The van der Waals surface area contributed by atoms with Crippen LogP contribution in [-0.4, -0.2) is 89.5 Å². The number of methoxy groups -OCH3 is 1. The monoisotopic (exact) mass is 507 g/mol. The molecule has 2 aliphatic rings. The molecule has 3 aromatic rings. The molecule has 1 amide bonds. The van der Waals surface area contributed by atoms with Gasteiger partial charge in [0.2, 0.25) is 11.8 Å². The number of nitrogens with zero attached hydrogens (tertiary/aromatic N) is 3. The quantitative estimate of drug-likeness (QED) is 0.450. The predicted molar refractivity (Wildman–Crippen MR) is 143 cm³/mol. The number of rotatable bonds is 7. The first-order chi connectivity index (χ1) is 18.0. The van der Waals surface area contributed by atoms with E-state index in [0.717, 1.165) is 80.6 Å². The van der Waals surface area contributed by atoms with Crippen molar-refractivity contribution in [1.82, 2.24) is 25.1 Å². The number of piperidine rings is 2. The SMILES string of the molecule is COc1ccc(-c2cccc3[nH]c(OC(=O)NC4CCN(CCN5CC[C@H](O)[C@@H](C)C5)CC4)cc23)cn1. The lowest BCUT2D eigenvalue weighted by molar-refractivity contribution is 0.0302. The lowest BCUT2D eigenvalue weighted by Gasteiger charge is -2.37. The Kier molecular flexibility index (Phi) is 7.93. The Morgan fingerprint density at radius 3 is 2.65 bits per heavy atom. The second-order valence-corrected chi connectivity index (χ2v) is 10.3. The van der Waals surface area contributed by atoms with Crippen LogP contribution in [0.1, 0.15) is 26.2 Å². The summed E-state index contributed by atoms with van der Waals surface area (Å²) >= 11 is 0. The first-order valence-corrected chi connectivity index (χ1v) is 13.2. The van der Waals surface area contributed by atoms with Crippen molar-refractivity contribution in [3.05, 3.63) is 42.6 Å². The van der Waals surface area contributed by atoms with E-state index in [1.807, 2.05) is 36.4 Å². The van der Waals surface area contributed by atoms with Crippen LogP contribution in [0, 0.1) is 5.92 Å². The van der Waals surface area contributed by atoms with Crippen molar-refractivity contribution in [2.24, 2.45) is 5.92 Å². The molecule has 0 radical (unpaired) electrons. The number of amides is 1. The maximum atomic E-state index is 12.6. The molecule has 0 bridgehead atoms. The largest absolute Gasteiger partial charge is 0.481 e. The molecule has 0 aliphatic carbocycles. The smallest absolute Gasteiger partial charge is 0.414 e. The second kappa shape index (κ2) is 11.5. The third kappa shape index (κ3) is 6.23. The highest BCUT2D eigenvalue weighted by Crippen LogP contribution is 2.31. The van der Waals surface area contributed by atoms with Gasteiger partial charge in [0, 0.05) is 80.1 Å². The number of pyridine rings is 1. The van der Waals surface area contributed by atoms with Crippen molar-refractivity contribution in [2.45, 2.75) is 38.3 Å². The highest BCUT2D eigenvalue weighted by molar-refractivity contribution is 5.96. The number of hydrogen-bond acceptors (Lipinski definition) is 7. The maximum Gasteiger partial charge on any atom is 0.414 e. The van der Waals surface area contributed by atoms with Crippen molar-refractivity contribution < 1.29 is 19.4 Å². The van der Waals surface area contributed by atoms with Crippen molar-refractivity contribution in [3.63, 3.8) is 0 Å². The number of nitrogens with one attached hydrogen (secondary N) is 2. The molecule has 37 heavy (non-hydrogen) atoms. The van der Waals surface area contributed by atoms with E-state index in [2.05, 4.69) is 32.0 Å². The molecular weight excluding hydrogens is 470 g/mol. The van der Waals surface area contributed by atoms with Gasteiger partial charge in [0.05, 0.1) is 13.2 Å². The topological polar surface area (TPSA) is 103 Å². The lowest BCUT2D eigenvalue weighted by atomic mass is 9.97. The molecule has 2 saturated heterocycles. The molecule has 0 unspecified atom stereocenters. The van der Waals surface area contributed by atoms with E-state index in [1.54, 1.807) is 13.3 Å². The van der Waals surface area contributed by atoms with Gasteiger partial charge in [-0.3, -0.25) is 0 Å². The normalized spacial score (nSPS) is 21.7. The third-order valence-electron chi connectivity index (χ3n) is 7.68. The van der Waals surface area contributed by atoms with Crippen LogP contribution in [0.25, 0.3) is 22.0 Å². The molecule has 2 aromatic heterocycles. The van der Waals surface area contributed by atoms with Gasteiger partial charge in [0.25, 0.3) is 0 Å².